The molecule has 6 nitrogen and oxygen atoms in total. The molecule has 136 valence electrons. The van der Waals surface area contributed by atoms with Gasteiger partial charge >= 0.3 is 0 Å². The summed E-state index contributed by atoms with van der Waals surface area (Å²) in [7, 11) is 1.92. The number of fused-ring (bicyclic) bond motifs is 1. The van der Waals surface area contributed by atoms with Gasteiger partial charge in [0.25, 0.3) is 0 Å². The molecule has 8 heteroatoms. The first kappa shape index (κ1) is 17.5. The summed E-state index contributed by atoms with van der Waals surface area (Å²) in [6, 6.07) is 14.3. The van der Waals surface area contributed by atoms with Crippen molar-refractivity contribution in [2.75, 3.05) is 11.1 Å². The van der Waals surface area contributed by atoms with Crippen molar-refractivity contribution >= 4 is 51.7 Å². The number of hydrogen-bond donors (Lipinski definition) is 2. The van der Waals surface area contributed by atoms with Crippen molar-refractivity contribution in [1.82, 2.24) is 14.5 Å². The third kappa shape index (κ3) is 3.63. The van der Waals surface area contributed by atoms with Crippen LogP contribution in [0.25, 0.3) is 11.0 Å². The Morgan fingerprint density at radius 1 is 1.04 bits per heavy atom. The second-order valence-electron chi connectivity index (χ2n) is 5.91. The number of nitrogens with two attached hydrogens (primary N) is 1. The SMILES string of the molecule is Cn1c(Nc2cc(Cl)ccc2Cl)nc2cc(Oc3ccnc(N)c3)ccc21. The molecular formula is C19H15Cl2N5O. The summed E-state index contributed by atoms with van der Waals surface area (Å²) in [6.07, 6.45) is 1.60. The summed E-state index contributed by atoms with van der Waals surface area (Å²) in [5, 5.41) is 4.37. The van der Waals surface area contributed by atoms with Gasteiger partial charge in [-0.3, -0.25) is 0 Å². The second kappa shape index (κ2) is 6.98. The molecule has 0 unspecified atom stereocenters. The first-order valence-corrected chi connectivity index (χ1v) is 8.83. The van der Waals surface area contributed by atoms with Crippen molar-refractivity contribution in [2.24, 2.45) is 7.05 Å². The van der Waals surface area contributed by atoms with Crippen molar-refractivity contribution in [1.29, 1.82) is 0 Å². The molecule has 0 aliphatic rings. The number of anilines is 3. The molecule has 0 atom stereocenters. The number of aromatic nitrogens is 3. The van der Waals surface area contributed by atoms with Gasteiger partial charge in [-0.25, -0.2) is 9.97 Å². The van der Waals surface area contributed by atoms with Crippen molar-refractivity contribution in [3.63, 3.8) is 0 Å². The van der Waals surface area contributed by atoms with E-state index in [1.807, 2.05) is 29.8 Å². The van der Waals surface area contributed by atoms with Crippen LogP contribution in [0.15, 0.2) is 54.7 Å². The number of imidazole rings is 1. The quantitative estimate of drug-likeness (QED) is 0.480. The summed E-state index contributed by atoms with van der Waals surface area (Å²) in [5.41, 5.74) is 8.09. The predicted octanol–water partition coefficient (Wildman–Crippen LogP) is 5.39. The van der Waals surface area contributed by atoms with Gasteiger partial charge in [0.2, 0.25) is 5.95 Å². The molecule has 0 fully saturated rings. The van der Waals surface area contributed by atoms with Crippen LogP contribution in [0.1, 0.15) is 0 Å². The number of aryl methyl sites for hydroxylation is 1. The maximum Gasteiger partial charge on any atom is 0.208 e. The molecule has 2 heterocycles. The minimum atomic E-state index is 0.399. The summed E-state index contributed by atoms with van der Waals surface area (Å²) < 4.78 is 7.77. The number of nitrogens with zero attached hydrogens (tertiary/aromatic N) is 3. The van der Waals surface area contributed by atoms with E-state index in [0.29, 0.717) is 39.0 Å². The van der Waals surface area contributed by atoms with Crippen molar-refractivity contribution in [3.05, 3.63) is 64.8 Å². The minimum Gasteiger partial charge on any atom is -0.457 e. The lowest BCUT2D eigenvalue weighted by Gasteiger charge is -2.08. The molecule has 0 aliphatic heterocycles. The van der Waals surface area contributed by atoms with E-state index in [-0.39, 0.29) is 0 Å². The van der Waals surface area contributed by atoms with Crippen LogP contribution < -0.4 is 15.8 Å². The lowest BCUT2D eigenvalue weighted by Crippen LogP contribution is -1.99. The summed E-state index contributed by atoms with van der Waals surface area (Å²) in [6.45, 7) is 0. The van der Waals surface area contributed by atoms with Crippen LogP contribution in [0.2, 0.25) is 10.0 Å². The van der Waals surface area contributed by atoms with Crippen LogP contribution in [-0.4, -0.2) is 14.5 Å². The molecule has 0 amide bonds. The van der Waals surface area contributed by atoms with E-state index in [2.05, 4.69) is 15.3 Å². The van der Waals surface area contributed by atoms with Gasteiger partial charge in [0, 0.05) is 30.4 Å². The molecular weight excluding hydrogens is 385 g/mol. The third-order valence-corrected chi connectivity index (χ3v) is 4.58. The average Bonchev–Trinajstić information content (AvgIpc) is 2.93. The highest BCUT2D eigenvalue weighted by Gasteiger charge is 2.11. The number of ether oxygens (including phenoxy) is 1. The van der Waals surface area contributed by atoms with Crippen LogP contribution in [0, 0.1) is 0 Å². The molecule has 2 aromatic carbocycles. The third-order valence-electron chi connectivity index (χ3n) is 4.02. The van der Waals surface area contributed by atoms with E-state index < -0.39 is 0 Å². The maximum atomic E-state index is 6.23. The Balaban J connectivity index is 1.66. The summed E-state index contributed by atoms with van der Waals surface area (Å²) in [4.78, 5) is 8.58. The summed E-state index contributed by atoms with van der Waals surface area (Å²) >= 11 is 12.3. The molecule has 0 saturated carbocycles. The highest BCUT2D eigenvalue weighted by atomic mass is 35.5. The Kier molecular flexibility index (Phi) is 4.51. The van der Waals surface area contributed by atoms with Gasteiger partial charge in [0.15, 0.2) is 0 Å². The van der Waals surface area contributed by atoms with Crippen molar-refractivity contribution in [2.45, 2.75) is 0 Å². The zero-order valence-electron chi connectivity index (χ0n) is 14.3. The van der Waals surface area contributed by atoms with Crippen LogP contribution in [0.3, 0.4) is 0 Å². The Morgan fingerprint density at radius 2 is 1.85 bits per heavy atom. The fourth-order valence-electron chi connectivity index (χ4n) is 2.70. The van der Waals surface area contributed by atoms with E-state index in [1.165, 1.54) is 0 Å². The Hall–Kier alpha value is -2.96. The van der Waals surface area contributed by atoms with Gasteiger partial charge in [-0.1, -0.05) is 23.2 Å². The molecule has 4 rings (SSSR count). The van der Waals surface area contributed by atoms with Crippen molar-refractivity contribution in [3.8, 4) is 11.5 Å². The van der Waals surface area contributed by atoms with Crippen molar-refractivity contribution < 1.29 is 4.74 Å². The zero-order valence-corrected chi connectivity index (χ0v) is 15.8. The standard InChI is InChI=1S/C19H15Cl2N5O/c1-26-17-5-3-12(27-13-6-7-23-18(22)10-13)9-16(17)25-19(26)24-15-8-11(20)2-4-14(15)21/h2-10H,1H3,(H2,22,23)(H,24,25). The second-order valence-corrected chi connectivity index (χ2v) is 6.76. The average molecular weight is 400 g/mol. The Morgan fingerprint density at radius 3 is 2.67 bits per heavy atom. The molecule has 0 aliphatic carbocycles. The minimum absolute atomic E-state index is 0.399. The van der Waals surface area contributed by atoms with E-state index in [9.17, 15) is 0 Å². The van der Waals surface area contributed by atoms with Gasteiger partial charge in [-0.05, 0) is 36.4 Å². The molecule has 3 N–H and O–H groups in total. The van der Waals surface area contributed by atoms with Crippen LogP contribution in [-0.2, 0) is 7.05 Å². The smallest absolute Gasteiger partial charge is 0.208 e. The number of halogens is 2. The van der Waals surface area contributed by atoms with E-state index >= 15 is 0 Å². The number of pyridine rings is 1. The van der Waals surface area contributed by atoms with E-state index in [0.717, 1.165) is 11.0 Å². The van der Waals surface area contributed by atoms with Crippen LogP contribution in [0.4, 0.5) is 17.5 Å². The normalized spacial score (nSPS) is 10.9. The molecule has 27 heavy (non-hydrogen) atoms. The van der Waals surface area contributed by atoms with E-state index in [4.69, 9.17) is 33.7 Å². The first-order chi connectivity index (χ1) is 13.0. The lowest BCUT2D eigenvalue weighted by atomic mass is 10.3. The largest absolute Gasteiger partial charge is 0.457 e. The highest BCUT2D eigenvalue weighted by Crippen LogP contribution is 2.31. The molecule has 0 radical (unpaired) electrons. The Bertz CT molecular complexity index is 1140. The number of nitrogens with one attached hydrogen (secondary N) is 1. The van der Waals surface area contributed by atoms with Gasteiger partial charge in [0.1, 0.15) is 17.3 Å². The topological polar surface area (TPSA) is 78.0 Å². The molecule has 0 saturated heterocycles. The van der Waals surface area contributed by atoms with Gasteiger partial charge < -0.3 is 20.4 Å². The fraction of sp³-hybridized carbons (Fsp3) is 0.0526. The zero-order chi connectivity index (χ0) is 19.0. The predicted molar refractivity (Wildman–Crippen MR) is 109 cm³/mol. The number of nitrogen functional groups attached to an aromatic ring is 1. The van der Waals surface area contributed by atoms with Gasteiger partial charge in [-0.2, -0.15) is 0 Å². The molecule has 0 bridgehead atoms. The van der Waals surface area contributed by atoms with Gasteiger partial charge in [0.05, 0.1) is 21.7 Å². The number of benzene rings is 2. The van der Waals surface area contributed by atoms with Crippen LogP contribution in [0.5, 0.6) is 11.5 Å². The lowest BCUT2D eigenvalue weighted by molar-refractivity contribution is 0.483. The highest BCUT2D eigenvalue weighted by molar-refractivity contribution is 6.35. The maximum absolute atomic E-state index is 6.23. The van der Waals surface area contributed by atoms with E-state index in [1.54, 1.807) is 36.5 Å². The number of hydrogen-bond acceptors (Lipinski definition) is 5. The Labute approximate surface area is 165 Å². The summed E-state index contributed by atoms with van der Waals surface area (Å²) in [5.74, 6) is 2.30. The number of rotatable bonds is 4. The molecule has 4 aromatic rings. The molecule has 0 spiro atoms. The monoisotopic (exact) mass is 399 g/mol. The first-order valence-electron chi connectivity index (χ1n) is 8.07. The van der Waals surface area contributed by atoms with Gasteiger partial charge in [-0.15, -0.1) is 0 Å². The fourth-order valence-corrected chi connectivity index (χ4v) is 3.03. The molecule has 2 aromatic heterocycles. The van der Waals surface area contributed by atoms with Crippen LogP contribution >= 0.6 is 23.2 Å².